The van der Waals surface area contributed by atoms with E-state index in [0.717, 1.165) is 16.8 Å². The molecule has 1 fully saturated rings. The Hall–Kier alpha value is -3.08. The first-order chi connectivity index (χ1) is 13.5. The van der Waals surface area contributed by atoms with Crippen LogP contribution in [0, 0.1) is 17.0 Å². The molecule has 0 aliphatic heterocycles. The van der Waals surface area contributed by atoms with Crippen molar-refractivity contribution >= 4 is 11.6 Å². The SMILES string of the molecule is CCC1(C(=O)Nc2ccccc2F)CC1c1ccc(-c2ccc(F)cc2)nc1. The Morgan fingerprint density at radius 1 is 1.11 bits per heavy atom. The maximum absolute atomic E-state index is 13.9. The summed E-state index contributed by atoms with van der Waals surface area (Å²) in [7, 11) is 0. The predicted octanol–water partition coefficient (Wildman–Crippen LogP) is 5.55. The van der Waals surface area contributed by atoms with Crippen LogP contribution in [0.3, 0.4) is 0 Å². The molecule has 1 aliphatic rings. The molecule has 0 spiro atoms. The number of nitrogens with one attached hydrogen (secondary N) is 1. The smallest absolute Gasteiger partial charge is 0.231 e. The van der Waals surface area contributed by atoms with Crippen LogP contribution in [0.4, 0.5) is 14.5 Å². The zero-order valence-corrected chi connectivity index (χ0v) is 15.5. The van der Waals surface area contributed by atoms with Gasteiger partial charge in [-0.25, -0.2) is 8.78 Å². The van der Waals surface area contributed by atoms with Crippen molar-refractivity contribution in [3.05, 3.63) is 84.1 Å². The molecule has 2 aromatic carbocycles. The average molecular weight is 378 g/mol. The Morgan fingerprint density at radius 2 is 1.86 bits per heavy atom. The second kappa shape index (κ2) is 7.15. The lowest BCUT2D eigenvalue weighted by Gasteiger charge is -2.16. The zero-order chi connectivity index (χ0) is 19.7. The third kappa shape index (κ3) is 3.28. The average Bonchev–Trinajstić information content (AvgIpc) is 3.47. The van der Waals surface area contributed by atoms with Crippen molar-refractivity contribution in [1.82, 2.24) is 4.98 Å². The molecule has 142 valence electrons. The number of hydrogen-bond acceptors (Lipinski definition) is 2. The molecule has 2 atom stereocenters. The molecule has 1 N–H and O–H groups in total. The number of benzene rings is 2. The Bertz CT molecular complexity index is 1000. The van der Waals surface area contributed by atoms with E-state index in [1.54, 1.807) is 36.5 Å². The summed E-state index contributed by atoms with van der Waals surface area (Å²) in [6.45, 7) is 1.97. The van der Waals surface area contributed by atoms with Gasteiger partial charge in [0, 0.05) is 17.7 Å². The van der Waals surface area contributed by atoms with Crippen molar-refractivity contribution in [3.8, 4) is 11.3 Å². The number of halogens is 2. The Balaban J connectivity index is 1.51. The van der Waals surface area contributed by atoms with Gasteiger partial charge in [0.15, 0.2) is 0 Å². The fourth-order valence-corrected chi connectivity index (χ4v) is 3.76. The first kappa shape index (κ1) is 18.3. The molecule has 1 amide bonds. The van der Waals surface area contributed by atoms with E-state index in [-0.39, 0.29) is 23.3 Å². The predicted molar refractivity (Wildman–Crippen MR) is 105 cm³/mol. The van der Waals surface area contributed by atoms with E-state index in [1.165, 1.54) is 18.2 Å². The Morgan fingerprint density at radius 3 is 2.50 bits per heavy atom. The first-order valence-corrected chi connectivity index (χ1v) is 9.31. The lowest BCUT2D eigenvalue weighted by atomic mass is 9.95. The zero-order valence-electron chi connectivity index (χ0n) is 15.5. The molecule has 3 nitrogen and oxygen atoms in total. The van der Waals surface area contributed by atoms with Gasteiger partial charge in [0.1, 0.15) is 11.6 Å². The van der Waals surface area contributed by atoms with Crippen molar-refractivity contribution in [1.29, 1.82) is 0 Å². The Labute approximate surface area is 162 Å². The van der Waals surface area contributed by atoms with Crippen LogP contribution in [-0.4, -0.2) is 10.9 Å². The first-order valence-electron chi connectivity index (χ1n) is 9.31. The van der Waals surface area contributed by atoms with Crippen LogP contribution >= 0.6 is 0 Å². The van der Waals surface area contributed by atoms with Gasteiger partial charge in [0.25, 0.3) is 0 Å². The maximum Gasteiger partial charge on any atom is 0.231 e. The van der Waals surface area contributed by atoms with Gasteiger partial charge >= 0.3 is 0 Å². The second-order valence-electron chi connectivity index (χ2n) is 7.18. The number of aromatic nitrogens is 1. The summed E-state index contributed by atoms with van der Waals surface area (Å²) in [6, 6.07) is 16.2. The standard InChI is InChI=1S/C23H20F2N2O/c1-2-23(22(28)27-21-6-4-3-5-19(21)25)13-18(23)16-9-12-20(26-14-16)15-7-10-17(24)11-8-15/h3-12,14,18H,2,13H2,1H3,(H,27,28). The highest BCUT2D eigenvalue weighted by atomic mass is 19.1. The number of nitrogens with zero attached hydrogens (tertiary/aromatic N) is 1. The van der Waals surface area contributed by atoms with E-state index in [9.17, 15) is 13.6 Å². The molecule has 0 saturated heterocycles. The van der Waals surface area contributed by atoms with Crippen molar-refractivity contribution in [2.45, 2.75) is 25.7 Å². The van der Waals surface area contributed by atoms with Crippen molar-refractivity contribution in [2.24, 2.45) is 5.41 Å². The quantitative estimate of drug-likeness (QED) is 0.632. The number of pyridine rings is 1. The number of amides is 1. The fourth-order valence-electron chi connectivity index (χ4n) is 3.76. The number of carbonyl (C=O) groups excluding carboxylic acids is 1. The Kier molecular flexibility index (Phi) is 4.67. The molecule has 0 radical (unpaired) electrons. The summed E-state index contributed by atoms with van der Waals surface area (Å²) in [6.07, 6.45) is 3.15. The topological polar surface area (TPSA) is 42.0 Å². The molecule has 1 aromatic heterocycles. The van der Waals surface area contributed by atoms with E-state index in [1.807, 2.05) is 19.1 Å². The van der Waals surface area contributed by atoms with Crippen molar-refractivity contribution in [2.75, 3.05) is 5.32 Å². The third-order valence-electron chi connectivity index (χ3n) is 5.61. The molecule has 28 heavy (non-hydrogen) atoms. The number of anilines is 1. The van der Waals surface area contributed by atoms with Gasteiger partial charge in [0.05, 0.1) is 16.8 Å². The summed E-state index contributed by atoms with van der Waals surface area (Å²) in [4.78, 5) is 17.3. The molecule has 4 rings (SSSR count). The summed E-state index contributed by atoms with van der Waals surface area (Å²) in [5, 5.41) is 2.74. The molecule has 1 heterocycles. The fraction of sp³-hybridized carbons (Fsp3) is 0.217. The second-order valence-corrected chi connectivity index (χ2v) is 7.18. The van der Waals surface area contributed by atoms with Crippen LogP contribution in [0.5, 0.6) is 0 Å². The van der Waals surface area contributed by atoms with Crippen LogP contribution < -0.4 is 5.32 Å². The molecule has 5 heteroatoms. The third-order valence-corrected chi connectivity index (χ3v) is 5.61. The molecular weight excluding hydrogens is 358 g/mol. The lowest BCUT2D eigenvalue weighted by Crippen LogP contribution is -2.25. The summed E-state index contributed by atoms with van der Waals surface area (Å²) < 4.78 is 26.9. The van der Waals surface area contributed by atoms with Crippen LogP contribution in [0.15, 0.2) is 66.9 Å². The normalized spacial score (nSPS) is 20.6. The molecule has 1 aliphatic carbocycles. The molecule has 2 unspecified atom stereocenters. The number of carbonyl (C=O) groups is 1. The van der Waals surface area contributed by atoms with Crippen LogP contribution in [0.25, 0.3) is 11.3 Å². The van der Waals surface area contributed by atoms with Crippen molar-refractivity contribution in [3.63, 3.8) is 0 Å². The monoisotopic (exact) mass is 378 g/mol. The summed E-state index contributed by atoms with van der Waals surface area (Å²) >= 11 is 0. The van der Waals surface area contributed by atoms with Gasteiger partial charge in [-0.3, -0.25) is 9.78 Å². The largest absolute Gasteiger partial charge is 0.323 e. The van der Waals surface area contributed by atoms with E-state index in [4.69, 9.17) is 0 Å². The molecule has 0 bridgehead atoms. The van der Waals surface area contributed by atoms with Crippen LogP contribution in [-0.2, 0) is 4.79 Å². The molecule has 1 saturated carbocycles. The number of para-hydroxylation sites is 1. The van der Waals surface area contributed by atoms with E-state index < -0.39 is 11.2 Å². The molecular formula is C23H20F2N2O. The number of hydrogen-bond donors (Lipinski definition) is 1. The highest BCUT2D eigenvalue weighted by molar-refractivity contribution is 5.98. The van der Waals surface area contributed by atoms with Gasteiger partial charge in [-0.15, -0.1) is 0 Å². The highest BCUT2D eigenvalue weighted by Gasteiger charge is 2.59. The van der Waals surface area contributed by atoms with Gasteiger partial charge < -0.3 is 5.32 Å². The lowest BCUT2D eigenvalue weighted by molar-refractivity contribution is -0.121. The highest BCUT2D eigenvalue weighted by Crippen LogP contribution is 2.62. The number of rotatable bonds is 5. The summed E-state index contributed by atoms with van der Waals surface area (Å²) in [5.41, 5.74) is 2.23. The minimum absolute atomic E-state index is 0.0547. The van der Waals surface area contributed by atoms with Crippen LogP contribution in [0.2, 0.25) is 0 Å². The van der Waals surface area contributed by atoms with Crippen LogP contribution in [0.1, 0.15) is 31.2 Å². The summed E-state index contributed by atoms with van der Waals surface area (Å²) in [5.74, 6) is -0.830. The van der Waals surface area contributed by atoms with Gasteiger partial charge in [-0.2, -0.15) is 0 Å². The van der Waals surface area contributed by atoms with Crippen molar-refractivity contribution < 1.29 is 13.6 Å². The molecule has 3 aromatic rings. The van der Waals surface area contributed by atoms with Gasteiger partial charge in [-0.05, 0) is 60.9 Å². The minimum Gasteiger partial charge on any atom is -0.323 e. The van der Waals surface area contributed by atoms with Gasteiger partial charge in [0.2, 0.25) is 5.91 Å². The van der Waals surface area contributed by atoms with Gasteiger partial charge in [-0.1, -0.05) is 25.1 Å². The van der Waals surface area contributed by atoms with E-state index in [2.05, 4.69) is 10.3 Å². The van der Waals surface area contributed by atoms with E-state index in [0.29, 0.717) is 12.8 Å². The van der Waals surface area contributed by atoms with E-state index >= 15 is 0 Å². The minimum atomic E-state index is -0.540. The maximum atomic E-state index is 13.9.